The first-order chi connectivity index (χ1) is 10.2. The van der Waals surface area contributed by atoms with Crippen molar-refractivity contribution < 1.29 is 9.84 Å². The molecule has 0 aliphatic heterocycles. The minimum Gasteiger partial charge on any atom is -0.508 e. The van der Waals surface area contributed by atoms with Crippen LogP contribution in [0.2, 0.25) is 0 Å². The Kier molecular flexibility index (Phi) is 5.64. The molecule has 2 N–H and O–H groups in total. The largest absolute Gasteiger partial charge is 0.508 e. The summed E-state index contributed by atoms with van der Waals surface area (Å²) in [4.78, 5) is 0. The molecule has 0 fully saturated rings. The summed E-state index contributed by atoms with van der Waals surface area (Å²) in [6, 6.07) is 16.1. The zero-order valence-corrected chi connectivity index (χ0v) is 12.7. The van der Waals surface area contributed by atoms with Gasteiger partial charge >= 0.3 is 0 Å². The molecule has 0 saturated carbocycles. The highest BCUT2D eigenvalue weighted by Crippen LogP contribution is 2.16. The van der Waals surface area contributed by atoms with Gasteiger partial charge in [-0.1, -0.05) is 24.3 Å². The molecule has 1 atom stereocenters. The first-order valence-corrected chi connectivity index (χ1v) is 7.29. The highest BCUT2D eigenvalue weighted by molar-refractivity contribution is 5.46. The number of aromatic hydroxyl groups is 1. The summed E-state index contributed by atoms with van der Waals surface area (Å²) in [6.45, 7) is 2.82. The molecule has 0 aliphatic carbocycles. The molecular weight excluding hydrogens is 262 g/mol. The quantitative estimate of drug-likeness (QED) is 0.808. The fourth-order valence-corrected chi connectivity index (χ4v) is 2.32. The van der Waals surface area contributed by atoms with Crippen LogP contribution in [0.5, 0.6) is 5.75 Å². The van der Waals surface area contributed by atoms with Crippen molar-refractivity contribution in [2.24, 2.45) is 0 Å². The van der Waals surface area contributed by atoms with Gasteiger partial charge in [0.05, 0.1) is 6.61 Å². The van der Waals surface area contributed by atoms with E-state index in [2.05, 4.69) is 30.4 Å². The Hall–Kier alpha value is -2.00. The molecule has 0 heterocycles. The van der Waals surface area contributed by atoms with Gasteiger partial charge in [0.1, 0.15) is 5.75 Å². The first kappa shape index (κ1) is 15.4. The number of rotatable bonds is 7. The van der Waals surface area contributed by atoms with Crippen LogP contribution >= 0.6 is 0 Å². The van der Waals surface area contributed by atoms with Crippen LogP contribution in [0.15, 0.2) is 48.5 Å². The Bertz CT molecular complexity index is 551. The molecule has 0 aromatic heterocycles. The Morgan fingerprint density at radius 1 is 1.10 bits per heavy atom. The zero-order chi connectivity index (χ0) is 15.1. The second-order valence-corrected chi connectivity index (χ2v) is 5.38. The van der Waals surface area contributed by atoms with E-state index in [1.165, 1.54) is 11.1 Å². The van der Waals surface area contributed by atoms with Gasteiger partial charge in [-0.15, -0.1) is 0 Å². The summed E-state index contributed by atoms with van der Waals surface area (Å²) >= 11 is 0. The fraction of sp³-hybridized carbons (Fsp3) is 0.333. The molecule has 0 aliphatic rings. The van der Waals surface area contributed by atoms with Crippen molar-refractivity contribution in [3.63, 3.8) is 0 Å². The molecule has 2 aromatic carbocycles. The molecule has 0 saturated heterocycles. The van der Waals surface area contributed by atoms with E-state index >= 15 is 0 Å². The summed E-state index contributed by atoms with van der Waals surface area (Å²) in [7, 11) is 1.71. The van der Waals surface area contributed by atoms with Crippen LogP contribution in [0.1, 0.15) is 24.5 Å². The molecule has 112 valence electrons. The Morgan fingerprint density at radius 3 is 2.57 bits per heavy atom. The van der Waals surface area contributed by atoms with Crippen molar-refractivity contribution in [1.29, 1.82) is 0 Å². The highest BCUT2D eigenvalue weighted by Gasteiger charge is 2.04. The van der Waals surface area contributed by atoms with E-state index in [1.54, 1.807) is 19.2 Å². The maximum absolute atomic E-state index is 9.28. The van der Waals surface area contributed by atoms with Gasteiger partial charge in [-0.25, -0.2) is 0 Å². The van der Waals surface area contributed by atoms with Crippen LogP contribution in [0, 0.1) is 0 Å². The Morgan fingerprint density at radius 2 is 1.86 bits per heavy atom. The minimum atomic E-state index is 0.319. The third-order valence-electron chi connectivity index (χ3n) is 3.45. The standard InChI is InChI=1S/C18H23NO2/c1-14(6-7-15-8-10-18(20)11-9-15)19-17-5-3-4-16(12-17)13-21-2/h3-5,8-12,14,19-20H,6-7,13H2,1-2H3. The summed E-state index contributed by atoms with van der Waals surface area (Å²) in [6.07, 6.45) is 2.03. The number of phenols is 1. The van der Waals surface area contributed by atoms with E-state index in [1.807, 2.05) is 18.2 Å². The number of methoxy groups -OCH3 is 1. The van der Waals surface area contributed by atoms with Gasteiger partial charge in [-0.2, -0.15) is 0 Å². The van der Waals surface area contributed by atoms with Crippen LogP contribution in [0.3, 0.4) is 0 Å². The summed E-state index contributed by atoms with van der Waals surface area (Å²) in [5, 5.41) is 12.8. The molecule has 3 heteroatoms. The van der Waals surface area contributed by atoms with Gasteiger partial charge in [0, 0.05) is 18.8 Å². The topological polar surface area (TPSA) is 41.5 Å². The van der Waals surface area contributed by atoms with Gasteiger partial charge in [0.25, 0.3) is 0 Å². The second-order valence-electron chi connectivity index (χ2n) is 5.38. The zero-order valence-electron chi connectivity index (χ0n) is 12.7. The maximum Gasteiger partial charge on any atom is 0.115 e. The number of nitrogens with one attached hydrogen (secondary N) is 1. The molecule has 3 nitrogen and oxygen atoms in total. The molecule has 0 amide bonds. The molecule has 0 bridgehead atoms. The number of hydrogen-bond acceptors (Lipinski definition) is 3. The number of phenolic OH excluding ortho intramolecular Hbond substituents is 1. The van der Waals surface area contributed by atoms with Crippen molar-refractivity contribution in [1.82, 2.24) is 0 Å². The number of benzene rings is 2. The average Bonchev–Trinajstić information content (AvgIpc) is 2.47. The fourth-order valence-electron chi connectivity index (χ4n) is 2.32. The number of ether oxygens (including phenoxy) is 1. The molecule has 0 spiro atoms. The van der Waals surface area contributed by atoms with Gasteiger partial charge < -0.3 is 15.2 Å². The van der Waals surface area contributed by atoms with Crippen molar-refractivity contribution in [2.75, 3.05) is 12.4 Å². The first-order valence-electron chi connectivity index (χ1n) is 7.29. The van der Waals surface area contributed by atoms with Gasteiger partial charge in [0.15, 0.2) is 0 Å². The van der Waals surface area contributed by atoms with Crippen molar-refractivity contribution in [3.05, 3.63) is 59.7 Å². The normalized spacial score (nSPS) is 12.1. The van der Waals surface area contributed by atoms with Gasteiger partial charge in [0.2, 0.25) is 0 Å². The van der Waals surface area contributed by atoms with Crippen LogP contribution in [-0.4, -0.2) is 18.3 Å². The molecule has 0 radical (unpaired) electrons. The van der Waals surface area contributed by atoms with Crippen LogP contribution < -0.4 is 5.32 Å². The predicted molar refractivity (Wildman–Crippen MR) is 86.7 cm³/mol. The maximum atomic E-state index is 9.28. The van der Waals surface area contributed by atoms with E-state index in [-0.39, 0.29) is 0 Å². The average molecular weight is 285 g/mol. The van der Waals surface area contributed by atoms with E-state index < -0.39 is 0 Å². The second kappa shape index (κ2) is 7.70. The van der Waals surface area contributed by atoms with Gasteiger partial charge in [-0.3, -0.25) is 0 Å². The van der Waals surface area contributed by atoms with E-state index in [4.69, 9.17) is 4.74 Å². The third kappa shape index (κ3) is 5.12. The minimum absolute atomic E-state index is 0.319. The smallest absolute Gasteiger partial charge is 0.115 e. The Labute approximate surface area is 126 Å². The summed E-state index contributed by atoms with van der Waals surface area (Å²) in [5.41, 5.74) is 3.55. The molecule has 2 rings (SSSR count). The number of aryl methyl sites for hydroxylation is 1. The molecule has 1 unspecified atom stereocenters. The summed E-state index contributed by atoms with van der Waals surface area (Å²) < 4.78 is 5.15. The van der Waals surface area contributed by atoms with Crippen molar-refractivity contribution >= 4 is 5.69 Å². The number of anilines is 1. The highest BCUT2D eigenvalue weighted by atomic mass is 16.5. The van der Waals surface area contributed by atoms with Crippen molar-refractivity contribution in [3.8, 4) is 5.75 Å². The predicted octanol–water partition coefficient (Wildman–Crippen LogP) is 3.97. The lowest BCUT2D eigenvalue weighted by Gasteiger charge is -2.16. The lowest BCUT2D eigenvalue weighted by atomic mass is 10.1. The van der Waals surface area contributed by atoms with E-state index in [0.29, 0.717) is 18.4 Å². The monoisotopic (exact) mass is 285 g/mol. The van der Waals surface area contributed by atoms with E-state index in [9.17, 15) is 5.11 Å². The SMILES string of the molecule is COCc1cccc(NC(C)CCc2ccc(O)cc2)c1. The van der Waals surface area contributed by atoms with Crippen LogP contribution in [0.4, 0.5) is 5.69 Å². The molecule has 2 aromatic rings. The molecule has 21 heavy (non-hydrogen) atoms. The lowest BCUT2D eigenvalue weighted by Crippen LogP contribution is -2.16. The van der Waals surface area contributed by atoms with Gasteiger partial charge in [-0.05, 0) is 55.2 Å². The van der Waals surface area contributed by atoms with Crippen LogP contribution in [0.25, 0.3) is 0 Å². The van der Waals surface area contributed by atoms with Crippen LogP contribution in [-0.2, 0) is 17.8 Å². The Balaban J connectivity index is 1.85. The third-order valence-corrected chi connectivity index (χ3v) is 3.45. The van der Waals surface area contributed by atoms with Crippen molar-refractivity contribution in [2.45, 2.75) is 32.4 Å². The number of hydrogen-bond donors (Lipinski definition) is 2. The lowest BCUT2D eigenvalue weighted by molar-refractivity contribution is 0.185. The summed E-state index contributed by atoms with van der Waals surface area (Å²) in [5.74, 6) is 0.319. The molecular formula is C18H23NO2. The van der Waals surface area contributed by atoms with E-state index in [0.717, 1.165) is 18.5 Å².